The number of benzene rings is 1. The number of ether oxygens (including phenoxy) is 1. The lowest BCUT2D eigenvalue weighted by molar-refractivity contribution is 0.0115. The second kappa shape index (κ2) is 10.7. The van der Waals surface area contributed by atoms with E-state index in [1.165, 1.54) is 6.07 Å². The van der Waals surface area contributed by atoms with Gasteiger partial charge in [0.15, 0.2) is 0 Å². The third-order valence-corrected chi connectivity index (χ3v) is 8.15. The number of hydrogen-bond acceptors (Lipinski definition) is 8. The minimum absolute atomic E-state index is 0. The van der Waals surface area contributed by atoms with Gasteiger partial charge in [0, 0.05) is 57.0 Å². The molecule has 1 aromatic carbocycles. The van der Waals surface area contributed by atoms with E-state index in [4.69, 9.17) is 4.74 Å². The molecule has 9 nitrogen and oxygen atoms in total. The topological polar surface area (TPSA) is 99.3 Å². The number of nitrogens with zero attached hydrogens (tertiary/aromatic N) is 6. The van der Waals surface area contributed by atoms with Crippen LogP contribution >= 0.6 is 0 Å². The summed E-state index contributed by atoms with van der Waals surface area (Å²) in [6.07, 6.45) is 7.49. The summed E-state index contributed by atoms with van der Waals surface area (Å²) >= 11 is 0. The number of nitrogens with one attached hydrogen (secondary N) is 1. The van der Waals surface area contributed by atoms with Gasteiger partial charge < -0.3 is 15.0 Å². The van der Waals surface area contributed by atoms with Gasteiger partial charge in [0.1, 0.15) is 23.1 Å². The Morgan fingerprint density at radius 2 is 1.82 bits per heavy atom. The second-order valence-corrected chi connectivity index (χ2v) is 10.4. The number of hydrogen-bond donors (Lipinski definition) is 1. The van der Waals surface area contributed by atoms with Crippen LogP contribution in [0.1, 0.15) is 51.6 Å². The van der Waals surface area contributed by atoms with Gasteiger partial charge in [-0.3, -0.25) is 14.3 Å². The molecule has 0 radical (unpaired) electrons. The zero-order valence-corrected chi connectivity index (χ0v) is 21.4. The fourth-order valence-electron chi connectivity index (χ4n) is 6.15. The summed E-state index contributed by atoms with van der Waals surface area (Å²) in [5.74, 6) is -0.00559. The number of pyridine rings is 1. The first kappa shape index (κ1) is 24.8. The summed E-state index contributed by atoms with van der Waals surface area (Å²) in [5.41, 5.74) is 1.43. The molecule has 1 aliphatic carbocycles. The third-order valence-electron chi connectivity index (χ3n) is 8.15. The van der Waals surface area contributed by atoms with Crippen LogP contribution in [0.25, 0.3) is 11.0 Å². The molecular weight excluding hydrogens is 485 g/mol. The van der Waals surface area contributed by atoms with Crippen molar-refractivity contribution in [3.05, 3.63) is 52.2 Å². The summed E-state index contributed by atoms with van der Waals surface area (Å²) in [6.45, 7) is 5.19. The van der Waals surface area contributed by atoms with Crippen molar-refractivity contribution in [2.45, 2.75) is 50.6 Å². The van der Waals surface area contributed by atoms with Gasteiger partial charge in [0.2, 0.25) is 5.95 Å². The van der Waals surface area contributed by atoms with Crippen molar-refractivity contribution in [1.82, 2.24) is 19.4 Å². The summed E-state index contributed by atoms with van der Waals surface area (Å²) in [4.78, 5) is 26.6. The highest BCUT2D eigenvalue weighted by Gasteiger charge is 2.27. The third kappa shape index (κ3) is 4.84. The zero-order valence-electron chi connectivity index (χ0n) is 21.4. The monoisotopic (exact) mass is 519 g/mol. The van der Waals surface area contributed by atoms with Crippen molar-refractivity contribution in [2.24, 2.45) is 0 Å². The molecule has 1 saturated carbocycles. The maximum Gasteiger partial charge on any atom is 0.270 e. The lowest BCUT2D eigenvalue weighted by Crippen LogP contribution is -2.49. The predicted molar refractivity (Wildman–Crippen MR) is 145 cm³/mol. The van der Waals surface area contributed by atoms with E-state index >= 15 is 4.39 Å². The quantitative estimate of drug-likeness (QED) is 0.535. The number of anilines is 3. The number of aromatic nitrogens is 3. The standard InChI is InChI=1S/C28H32FN7O2.H2/c29-24-16-21(5-6-25(24)35-9-7-22(8-10-35)34-11-13-38-14-12-34)32-28-31-18-20-15-19(17-30)27(37)36(26(20)33-28)23-3-1-2-4-23;/h5-6,15-16,18,22-23H,1-4,7-14H2,(H,31,32,33);1H. The fourth-order valence-corrected chi connectivity index (χ4v) is 6.15. The Hall–Kier alpha value is -3.55. The lowest BCUT2D eigenvalue weighted by Gasteiger charge is -2.40. The van der Waals surface area contributed by atoms with Crippen LogP contribution in [-0.2, 0) is 4.74 Å². The Morgan fingerprint density at radius 1 is 1.05 bits per heavy atom. The number of morpholine rings is 1. The number of piperidine rings is 1. The lowest BCUT2D eigenvalue weighted by atomic mass is 10.0. The molecule has 0 spiro atoms. The Bertz CT molecular complexity index is 1420. The smallest absolute Gasteiger partial charge is 0.270 e. The molecular formula is C28H34FN7O2. The van der Waals surface area contributed by atoms with Gasteiger partial charge in [-0.2, -0.15) is 10.2 Å². The highest BCUT2D eigenvalue weighted by molar-refractivity contribution is 5.77. The largest absolute Gasteiger partial charge is 0.379 e. The van der Waals surface area contributed by atoms with Crippen LogP contribution in [0.2, 0.25) is 0 Å². The molecule has 0 bridgehead atoms. The van der Waals surface area contributed by atoms with Gasteiger partial charge in [-0.05, 0) is 49.9 Å². The van der Waals surface area contributed by atoms with Gasteiger partial charge in [0.25, 0.3) is 5.56 Å². The van der Waals surface area contributed by atoms with Crippen molar-refractivity contribution in [3.8, 4) is 6.07 Å². The normalized spacial score (nSPS) is 19.6. The predicted octanol–water partition coefficient (Wildman–Crippen LogP) is 4.21. The number of rotatable bonds is 5. The van der Waals surface area contributed by atoms with Crippen molar-refractivity contribution in [1.29, 1.82) is 5.26 Å². The Balaban J connectivity index is 0.00000308. The molecule has 6 rings (SSSR count). The Kier molecular flexibility index (Phi) is 6.96. The molecule has 3 aliphatic rings. The summed E-state index contributed by atoms with van der Waals surface area (Å²) < 4.78 is 22.3. The van der Waals surface area contributed by atoms with E-state index in [1.807, 2.05) is 12.1 Å². The van der Waals surface area contributed by atoms with E-state index in [9.17, 15) is 10.1 Å². The molecule has 0 unspecified atom stereocenters. The molecule has 200 valence electrons. The summed E-state index contributed by atoms with van der Waals surface area (Å²) in [5, 5.41) is 13.2. The fraction of sp³-hybridized carbons (Fsp3) is 0.500. The van der Waals surface area contributed by atoms with Crippen LogP contribution in [0, 0.1) is 17.1 Å². The summed E-state index contributed by atoms with van der Waals surface area (Å²) in [6, 6.07) is 9.22. The molecule has 1 N–H and O–H groups in total. The first-order valence-corrected chi connectivity index (χ1v) is 13.6. The van der Waals surface area contributed by atoms with Crippen molar-refractivity contribution < 1.29 is 10.6 Å². The van der Waals surface area contributed by atoms with Crippen LogP contribution in [0.5, 0.6) is 0 Å². The van der Waals surface area contributed by atoms with E-state index in [0.717, 1.165) is 77.9 Å². The number of fused-ring (bicyclic) bond motifs is 1. The van der Waals surface area contributed by atoms with E-state index in [0.29, 0.717) is 28.5 Å². The minimum atomic E-state index is -0.315. The van der Waals surface area contributed by atoms with Gasteiger partial charge in [-0.15, -0.1) is 0 Å². The number of halogens is 1. The van der Waals surface area contributed by atoms with Crippen LogP contribution in [-0.4, -0.2) is 64.9 Å². The van der Waals surface area contributed by atoms with Gasteiger partial charge in [-0.1, -0.05) is 12.8 Å². The first-order valence-electron chi connectivity index (χ1n) is 13.6. The van der Waals surface area contributed by atoms with E-state index in [1.54, 1.807) is 22.9 Å². The Morgan fingerprint density at radius 3 is 2.53 bits per heavy atom. The van der Waals surface area contributed by atoms with Gasteiger partial charge in [0.05, 0.1) is 18.9 Å². The zero-order chi connectivity index (χ0) is 26.1. The van der Waals surface area contributed by atoms with E-state index in [-0.39, 0.29) is 30.4 Å². The summed E-state index contributed by atoms with van der Waals surface area (Å²) in [7, 11) is 0. The highest BCUT2D eigenvalue weighted by atomic mass is 19.1. The van der Waals surface area contributed by atoms with Gasteiger partial charge in [-0.25, -0.2) is 9.37 Å². The van der Waals surface area contributed by atoms with Gasteiger partial charge >= 0.3 is 0 Å². The second-order valence-electron chi connectivity index (χ2n) is 10.4. The molecule has 4 heterocycles. The van der Waals surface area contributed by atoms with Crippen LogP contribution in [0.3, 0.4) is 0 Å². The SMILES string of the molecule is N#Cc1cc2cnc(Nc3ccc(N4CCC(N5CCOCC5)CC4)c(F)c3)nc2n(C2CCCC2)c1=O.[HH]. The minimum Gasteiger partial charge on any atom is -0.379 e. The molecule has 3 fully saturated rings. The molecule has 0 amide bonds. The van der Waals surface area contributed by atoms with Crippen molar-refractivity contribution in [2.75, 3.05) is 49.6 Å². The van der Waals surface area contributed by atoms with Crippen molar-refractivity contribution in [3.63, 3.8) is 0 Å². The van der Waals surface area contributed by atoms with Crippen LogP contribution in [0.4, 0.5) is 21.7 Å². The van der Waals surface area contributed by atoms with E-state index in [2.05, 4.69) is 25.1 Å². The highest BCUT2D eigenvalue weighted by Crippen LogP contribution is 2.31. The Labute approximate surface area is 222 Å². The average molecular weight is 520 g/mol. The molecule has 3 aromatic rings. The van der Waals surface area contributed by atoms with Crippen LogP contribution in [0.15, 0.2) is 35.3 Å². The van der Waals surface area contributed by atoms with Crippen LogP contribution < -0.4 is 15.8 Å². The maximum absolute atomic E-state index is 15.2. The molecule has 2 saturated heterocycles. The van der Waals surface area contributed by atoms with Crippen molar-refractivity contribution >= 4 is 28.4 Å². The molecule has 2 aromatic heterocycles. The molecule has 38 heavy (non-hydrogen) atoms. The first-order chi connectivity index (χ1) is 18.6. The molecule has 10 heteroatoms. The maximum atomic E-state index is 15.2. The average Bonchev–Trinajstić information content (AvgIpc) is 3.48. The molecule has 2 aliphatic heterocycles. The molecule has 0 atom stereocenters. The van der Waals surface area contributed by atoms with E-state index < -0.39 is 0 Å². The number of nitriles is 1.